The molecule has 1 rings (SSSR count). The SMILES string of the molecule is CCCN=C(N)NC(=S)NCCc1ccccn1. The molecule has 0 fully saturated rings. The summed E-state index contributed by atoms with van der Waals surface area (Å²) in [5, 5.41) is 6.38. The second-order valence-corrected chi connectivity index (χ2v) is 4.13. The van der Waals surface area contributed by atoms with Gasteiger partial charge < -0.3 is 16.4 Å². The van der Waals surface area contributed by atoms with Crippen molar-refractivity contribution in [2.75, 3.05) is 13.1 Å². The van der Waals surface area contributed by atoms with Gasteiger partial charge in [-0.25, -0.2) is 0 Å². The fourth-order valence-electron chi connectivity index (χ4n) is 1.28. The van der Waals surface area contributed by atoms with Gasteiger partial charge in [0.2, 0.25) is 0 Å². The van der Waals surface area contributed by atoms with Crippen LogP contribution in [0.1, 0.15) is 19.0 Å². The van der Waals surface area contributed by atoms with E-state index in [1.165, 1.54) is 0 Å². The lowest BCUT2D eigenvalue weighted by atomic mass is 10.3. The van der Waals surface area contributed by atoms with E-state index < -0.39 is 0 Å². The van der Waals surface area contributed by atoms with E-state index in [9.17, 15) is 0 Å². The van der Waals surface area contributed by atoms with Crippen molar-refractivity contribution in [2.45, 2.75) is 19.8 Å². The number of aliphatic imine (C=N–C) groups is 1. The van der Waals surface area contributed by atoms with Gasteiger partial charge in [-0.3, -0.25) is 9.98 Å². The minimum absolute atomic E-state index is 0.354. The summed E-state index contributed by atoms with van der Waals surface area (Å²) >= 11 is 5.09. The summed E-state index contributed by atoms with van der Waals surface area (Å²) in [6.45, 7) is 3.46. The first-order chi connectivity index (χ1) is 8.72. The molecule has 0 bridgehead atoms. The molecule has 0 radical (unpaired) electrons. The Hall–Kier alpha value is -1.69. The summed E-state index contributed by atoms with van der Waals surface area (Å²) < 4.78 is 0. The third kappa shape index (κ3) is 6.15. The van der Waals surface area contributed by atoms with E-state index in [0.29, 0.717) is 24.2 Å². The highest BCUT2D eigenvalue weighted by Crippen LogP contribution is 1.92. The number of rotatable bonds is 5. The standard InChI is InChI=1S/C12H19N5S/c1-2-7-15-11(13)17-12(18)16-9-6-10-5-3-4-8-14-10/h3-5,8H,2,6-7,9H2,1H3,(H4,13,15,16,17,18). The second kappa shape index (κ2) is 8.41. The number of guanidine groups is 1. The molecule has 0 spiro atoms. The van der Waals surface area contributed by atoms with Gasteiger partial charge in [-0.05, 0) is 30.8 Å². The first kappa shape index (κ1) is 14.4. The summed E-state index contributed by atoms with van der Waals surface area (Å²) in [5.74, 6) is 0.354. The molecule has 0 atom stereocenters. The van der Waals surface area contributed by atoms with Crippen molar-refractivity contribution in [2.24, 2.45) is 10.7 Å². The van der Waals surface area contributed by atoms with Crippen LogP contribution in [0.15, 0.2) is 29.4 Å². The van der Waals surface area contributed by atoms with Crippen LogP contribution in [0.4, 0.5) is 0 Å². The van der Waals surface area contributed by atoms with Gasteiger partial charge in [0.1, 0.15) is 0 Å². The first-order valence-electron chi connectivity index (χ1n) is 5.97. The fraction of sp³-hybridized carbons (Fsp3) is 0.417. The van der Waals surface area contributed by atoms with E-state index in [-0.39, 0.29) is 0 Å². The number of hydrogen-bond donors (Lipinski definition) is 3. The average molecular weight is 265 g/mol. The predicted molar refractivity (Wildman–Crippen MR) is 78.5 cm³/mol. The van der Waals surface area contributed by atoms with Gasteiger partial charge in [0.25, 0.3) is 0 Å². The van der Waals surface area contributed by atoms with Crippen molar-refractivity contribution in [1.29, 1.82) is 0 Å². The third-order valence-corrected chi connectivity index (χ3v) is 2.39. The average Bonchev–Trinajstić information content (AvgIpc) is 2.37. The number of hydrogen-bond acceptors (Lipinski definition) is 3. The highest BCUT2D eigenvalue weighted by Gasteiger charge is 1.98. The molecule has 0 aliphatic heterocycles. The molecule has 1 aromatic heterocycles. The second-order valence-electron chi connectivity index (χ2n) is 3.72. The maximum absolute atomic E-state index is 5.64. The Morgan fingerprint density at radius 3 is 3.00 bits per heavy atom. The quantitative estimate of drug-likeness (QED) is 0.417. The zero-order chi connectivity index (χ0) is 13.2. The molecular formula is C12H19N5S. The molecule has 1 heterocycles. The molecule has 0 saturated heterocycles. The lowest BCUT2D eigenvalue weighted by molar-refractivity contribution is 0.835. The van der Waals surface area contributed by atoms with E-state index in [1.807, 2.05) is 25.1 Å². The third-order valence-electron chi connectivity index (χ3n) is 2.14. The van der Waals surface area contributed by atoms with Crippen molar-refractivity contribution < 1.29 is 0 Å². The van der Waals surface area contributed by atoms with Gasteiger partial charge in [0.15, 0.2) is 11.1 Å². The van der Waals surface area contributed by atoms with Crippen LogP contribution in [-0.4, -0.2) is 29.1 Å². The van der Waals surface area contributed by atoms with Crippen molar-refractivity contribution in [3.63, 3.8) is 0 Å². The molecule has 98 valence electrons. The van der Waals surface area contributed by atoms with Gasteiger partial charge in [0.05, 0.1) is 0 Å². The summed E-state index contributed by atoms with van der Waals surface area (Å²) in [7, 11) is 0. The number of nitrogens with one attached hydrogen (secondary N) is 2. The van der Waals surface area contributed by atoms with E-state index in [2.05, 4.69) is 20.6 Å². The van der Waals surface area contributed by atoms with Crippen LogP contribution in [0.25, 0.3) is 0 Å². The molecule has 0 aliphatic carbocycles. The first-order valence-corrected chi connectivity index (χ1v) is 6.38. The van der Waals surface area contributed by atoms with Crippen LogP contribution in [0.2, 0.25) is 0 Å². The van der Waals surface area contributed by atoms with E-state index in [1.54, 1.807) is 6.20 Å². The highest BCUT2D eigenvalue weighted by molar-refractivity contribution is 7.80. The van der Waals surface area contributed by atoms with Gasteiger partial charge in [-0.2, -0.15) is 0 Å². The molecular weight excluding hydrogens is 246 g/mol. The zero-order valence-electron chi connectivity index (χ0n) is 10.5. The van der Waals surface area contributed by atoms with Crippen LogP contribution < -0.4 is 16.4 Å². The lowest BCUT2D eigenvalue weighted by Crippen LogP contribution is -2.43. The van der Waals surface area contributed by atoms with Crippen molar-refractivity contribution in [3.8, 4) is 0 Å². The Balaban J connectivity index is 2.21. The molecule has 0 unspecified atom stereocenters. The smallest absolute Gasteiger partial charge is 0.194 e. The number of nitrogens with two attached hydrogens (primary N) is 1. The van der Waals surface area contributed by atoms with Crippen molar-refractivity contribution in [3.05, 3.63) is 30.1 Å². The maximum Gasteiger partial charge on any atom is 0.194 e. The van der Waals surface area contributed by atoms with E-state index >= 15 is 0 Å². The topological polar surface area (TPSA) is 75.3 Å². The molecule has 4 N–H and O–H groups in total. The van der Waals surface area contributed by atoms with Crippen molar-refractivity contribution >= 4 is 23.3 Å². The molecule has 0 amide bonds. The van der Waals surface area contributed by atoms with Gasteiger partial charge in [-0.15, -0.1) is 0 Å². The monoisotopic (exact) mass is 265 g/mol. The van der Waals surface area contributed by atoms with Crippen LogP contribution >= 0.6 is 12.2 Å². The minimum atomic E-state index is 0.354. The Kier molecular flexibility index (Phi) is 6.71. The molecule has 0 aliphatic rings. The normalized spacial score (nSPS) is 11.1. The number of aromatic nitrogens is 1. The molecule has 5 nitrogen and oxygen atoms in total. The van der Waals surface area contributed by atoms with Crippen LogP contribution in [0.3, 0.4) is 0 Å². The van der Waals surface area contributed by atoms with Crippen molar-refractivity contribution in [1.82, 2.24) is 15.6 Å². The largest absolute Gasteiger partial charge is 0.370 e. The Morgan fingerprint density at radius 1 is 1.50 bits per heavy atom. The summed E-state index contributed by atoms with van der Waals surface area (Å²) in [6, 6.07) is 5.84. The Morgan fingerprint density at radius 2 is 2.33 bits per heavy atom. The molecule has 0 saturated carbocycles. The van der Waals surface area contributed by atoms with Gasteiger partial charge in [-0.1, -0.05) is 13.0 Å². The van der Waals surface area contributed by atoms with E-state index in [0.717, 1.165) is 18.5 Å². The van der Waals surface area contributed by atoms with E-state index in [4.69, 9.17) is 18.0 Å². The summed E-state index contributed by atoms with van der Waals surface area (Å²) in [6.07, 6.45) is 3.55. The lowest BCUT2D eigenvalue weighted by Gasteiger charge is -2.09. The summed E-state index contributed by atoms with van der Waals surface area (Å²) in [4.78, 5) is 8.32. The van der Waals surface area contributed by atoms with Crippen LogP contribution in [0, 0.1) is 0 Å². The molecule has 6 heteroatoms. The van der Waals surface area contributed by atoms with Crippen LogP contribution in [0.5, 0.6) is 0 Å². The zero-order valence-corrected chi connectivity index (χ0v) is 11.3. The molecule has 1 aromatic rings. The molecule has 18 heavy (non-hydrogen) atoms. The van der Waals surface area contributed by atoms with Crippen LogP contribution in [-0.2, 0) is 6.42 Å². The fourth-order valence-corrected chi connectivity index (χ4v) is 1.49. The Labute approximate surface area is 113 Å². The maximum atomic E-state index is 5.64. The predicted octanol–water partition coefficient (Wildman–Crippen LogP) is 0.813. The molecule has 0 aromatic carbocycles. The Bertz CT molecular complexity index is 391. The number of nitrogens with zero attached hydrogens (tertiary/aromatic N) is 2. The minimum Gasteiger partial charge on any atom is -0.370 e. The highest BCUT2D eigenvalue weighted by atomic mass is 32.1. The number of thiocarbonyl (C=S) groups is 1. The number of pyridine rings is 1. The summed E-state index contributed by atoms with van der Waals surface area (Å²) in [5.41, 5.74) is 6.67. The van der Waals surface area contributed by atoms with Gasteiger partial charge >= 0.3 is 0 Å². The van der Waals surface area contributed by atoms with Gasteiger partial charge in [0, 0.05) is 31.4 Å².